The van der Waals surface area contributed by atoms with Gasteiger partial charge in [0.05, 0.1) is 26.2 Å². The number of anilines is 1. The van der Waals surface area contributed by atoms with Gasteiger partial charge in [0.15, 0.2) is 5.58 Å². The first-order valence-corrected chi connectivity index (χ1v) is 10.4. The Balaban J connectivity index is 1.64. The van der Waals surface area contributed by atoms with Crippen LogP contribution in [0.15, 0.2) is 59.0 Å². The van der Waals surface area contributed by atoms with Gasteiger partial charge in [0.25, 0.3) is 11.6 Å². The lowest BCUT2D eigenvalue weighted by Gasteiger charge is -2.09. The summed E-state index contributed by atoms with van der Waals surface area (Å²) in [6.45, 7) is 4.21. The molecule has 0 fully saturated rings. The molecule has 32 heavy (non-hydrogen) atoms. The molecule has 4 rings (SSSR count). The Morgan fingerprint density at radius 2 is 1.84 bits per heavy atom. The number of halogens is 2. The summed E-state index contributed by atoms with van der Waals surface area (Å²) in [7, 11) is 0. The van der Waals surface area contributed by atoms with E-state index in [9.17, 15) is 14.9 Å². The molecule has 0 saturated heterocycles. The van der Waals surface area contributed by atoms with Crippen LogP contribution in [0.1, 0.15) is 35.7 Å². The van der Waals surface area contributed by atoms with Crippen LogP contribution in [0, 0.1) is 10.1 Å². The second-order valence-electron chi connectivity index (χ2n) is 7.47. The number of rotatable bonds is 5. The molecule has 0 unspecified atom stereocenters. The number of non-ortho nitro benzene ring substituents is 1. The molecule has 162 valence electrons. The van der Waals surface area contributed by atoms with Crippen LogP contribution < -0.4 is 5.32 Å². The van der Waals surface area contributed by atoms with E-state index in [1.54, 1.807) is 18.2 Å². The number of amides is 1. The highest BCUT2D eigenvalue weighted by Gasteiger charge is 2.17. The molecule has 1 amide bonds. The molecule has 0 radical (unpaired) electrons. The van der Waals surface area contributed by atoms with Gasteiger partial charge in [-0.1, -0.05) is 43.1 Å². The molecule has 1 heterocycles. The Bertz CT molecular complexity index is 1360. The Hall–Kier alpha value is -3.42. The number of oxazole rings is 1. The SMILES string of the molecule is CC(C)c1ccc2oc(-c3ccc(Cl)c(NC(=O)c4ccc([N+](=O)[O-])cc4Cl)c3)nc2c1. The van der Waals surface area contributed by atoms with E-state index in [1.807, 2.05) is 18.2 Å². The first-order valence-electron chi connectivity index (χ1n) is 9.68. The number of nitro groups is 1. The minimum atomic E-state index is -0.585. The monoisotopic (exact) mass is 469 g/mol. The number of nitrogens with one attached hydrogen (secondary N) is 1. The predicted octanol–water partition coefficient (Wildman–Crippen LogP) is 7.09. The van der Waals surface area contributed by atoms with E-state index in [0.29, 0.717) is 33.7 Å². The summed E-state index contributed by atoms with van der Waals surface area (Å²) in [6.07, 6.45) is 0. The van der Waals surface area contributed by atoms with Crippen molar-refractivity contribution in [3.63, 3.8) is 0 Å². The third-order valence-electron chi connectivity index (χ3n) is 4.95. The fourth-order valence-electron chi connectivity index (χ4n) is 3.17. The number of aromatic nitrogens is 1. The van der Waals surface area contributed by atoms with Crippen LogP contribution in [0.2, 0.25) is 10.0 Å². The average Bonchev–Trinajstić information content (AvgIpc) is 3.18. The number of carbonyl (C=O) groups excluding carboxylic acids is 1. The number of benzene rings is 3. The van der Waals surface area contributed by atoms with Crippen LogP contribution in [-0.2, 0) is 0 Å². The molecule has 0 saturated carbocycles. The Morgan fingerprint density at radius 1 is 1.06 bits per heavy atom. The van der Waals surface area contributed by atoms with E-state index in [2.05, 4.69) is 24.1 Å². The lowest BCUT2D eigenvalue weighted by molar-refractivity contribution is -0.384. The summed E-state index contributed by atoms with van der Waals surface area (Å²) >= 11 is 12.3. The number of fused-ring (bicyclic) bond motifs is 1. The van der Waals surface area contributed by atoms with E-state index in [-0.39, 0.29) is 16.3 Å². The normalized spacial score (nSPS) is 11.2. The zero-order chi connectivity index (χ0) is 23.0. The Morgan fingerprint density at radius 3 is 2.53 bits per heavy atom. The molecule has 0 aliphatic carbocycles. The fraction of sp³-hybridized carbons (Fsp3) is 0.130. The summed E-state index contributed by atoms with van der Waals surface area (Å²) < 4.78 is 5.88. The van der Waals surface area contributed by atoms with Gasteiger partial charge < -0.3 is 9.73 Å². The van der Waals surface area contributed by atoms with Crippen LogP contribution in [0.4, 0.5) is 11.4 Å². The Labute approximate surface area is 193 Å². The summed E-state index contributed by atoms with van der Waals surface area (Å²) in [5.41, 5.74) is 3.38. The quantitative estimate of drug-likeness (QED) is 0.248. The second-order valence-corrected chi connectivity index (χ2v) is 8.29. The zero-order valence-corrected chi connectivity index (χ0v) is 18.6. The fourth-order valence-corrected chi connectivity index (χ4v) is 3.60. The number of hydrogen-bond donors (Lipinski definition) is 1. The van der Waals surface area contributed by atoms with Crippen LogP contribution in [0.5, 0.6) is 0 Å². The predicted molar refractivity (Wildman–Crippen MR) is 125 cm³/mol. The molecular formula is C23H17Cl2N3O4. The molecule has 1 aromatic heterocycles. The maximum Gasteiger partial charge on any atom is 0.270 e. The van der Waals surface area contributed by atoms with E-state index >= 15 is 0 Å². The van der Waals surface area contributed by atoms with Crippen molar-refractivity contribution in [3.05, 3.63) is 85.9 Å². The minimum absolute atomic E-state index is 0.0381. The van der Waals surface area contributed by atoms with Gasteiger partial charge in [-0.15, -0.1) is 0 Å². The number of nitrogens with zero attached hydrogens (tertiary/aromatic N) is 2. The molecule has 7 nitrogen and oxygen atoms in total. The lowest BCUT2D eigenvalue weighted by atomic mass is 10.0. The van der Waals surface area contributed by atoms with Crippen molar-refractivity contribution in [2.75, 3.05) is 5.32 Å². The molecule has 0 aliphatic heterocycles. The topological polar surface area (TPSA) is 98.3 Å². The van der Waals surface area contributed by atoms with Gasteiger partial charge in [-0.2, -0.15) is 0 Å². The first kappa shape index (κ1) is 21.8. The van der Waals surface area contributed by atoms with E-state index in [1.165, 1.54) is 12.1 Å². The summed E-state index contributed by atoms with van der Waals surface area (Å²) in [4.78, 5) is 27.5. The van der Waals surface area contributed by atoms with Gasteiger partial charge in [0, 0.05) is 17.7 Å². The third-order valence-corrected chi connectivity index (χ3v) is 5.59. The van der Waals surface area contributed by atoms with Crippen molar-refractivity contribution in [1.29, 1.82) is 0 Å². The molecule has 4 aromatic rings. The minimum Gasteiger partial charge on any atom is -0.436 e. The standard InChI is InChI=1S/C23H17Cl2N3O4/c1-12(2)13-4-8-21-20(9-13)27-23(32-21)14-3-7-17(24)19(10-14)26-22(29)16-6-5-15(28(30)31)11-18(16)25/h3-12H,1-2H3,(H,26,29). The van der Waals surface area contributed by atoms with Gasteiger partial charge in [-0.05, 0) is 47.9 Å². The molecule has 0 spiro atoms. The van der Waals surface area contributed by atoms with Gasteiger partial charge in [-0.25, -0.2) is 4.98 Å². The highest BCUT2D eigenvalue weighted by Crippen LogP contribution is 2.32. The highest BCUT2D eigenvalue weighted by atomic mass is 35.5. The lowest BCUT2D eigenvalue weighted by Crippen LogP contribution is -2.13. The number of nitro benzene ring substituents is 1. The zero-order valence-electron chi connectivity index (χ0n) is 17.1. The highest BCUT2D eigenvalue weighted by molar-refractivity contribution is 6.36. The van der Waals surface area contributed by atoms with Crippen molar-refractivity contribution in [3.8, 4) is 11.5 Å². The smallest absolute Gasteiger partial charge is 0.270 e. The molecule has 9 heteroatoms. The van der Waals surface area contributed by atoms with E-state index in [4.69, 9.17) is 27.6 Å². The van der Waals surface area contributed by atoms with Crippen LogP contribution in [0.25, 0.3) is 22.6 Å². The molecule has 0 aliphatic rings. The maximum atomic E-state index is 12.7. The van der Waals surface area contributed by atoms with Crippen LogP contribution >= 0.6 is 23.2 Å². The molecule has 0 atom stereocenters. The average molecular weight is 470 g/mol. The van der Waals surface area contributed by atoms with Crippen molar-refractivity contribution < 1.29 is 14.1 Å². The maximum absolute atomic E-state index is 12.7. The molecular weight excluding hydrogens is 453 g/mol. The Kier molecular flexibility index (Phi) is 5.86. The largest absolute Gasteiger partial charge is 0.436 e. The van der Waals surface area contributed by atoms with Crippen LogP contribution in [-0.4, -0.2) is 15.8 Å². The molecule has 1 N–H and O–H groups in total. The second kappa shape index (κ2) is 8.61. The van der Waals surface area contributed by atoms with Crippen molar-refractivity contribution in [1.82, 2.24) is 4.98 Å². The van der Waals surface area contributed by atoms with Gasteiger partial charge in [-0.3, -0.25) is 14.9 Å². The third kappa shape index (κ3) is 4.30. The van der Waals surface area contributed by atoms with Crippen molar-refractivity contribution >= 4 is 51.6 Å². The van der Waals surface area contributed by atoms with Crippen molar-refractivity contribution in [2.24, 2.45) is 0 Å². The van der Waals surface area contributed by atoms with Crippen molar-refractivity contribution in [2.45, 2.75) is 19.8 Å². The van der Waals surface area contributed by atoms with Gasteiger partial charge >= 0.3 is 0 Å². The van der Waals surface area contributed by atoms with Crippen LogP contribution in [0.3, 0.4) is 0 Å². The molecule has 3 aromatic carbocycles. The molecule has 0 bridgehead atoms. The van der Waals surface area contributed by atoms with E-state index in [0.717, 1.165) is 17.1 Å². The summed E-state index contributed by atoms with van der Waals surface area (Å²) in [6, 6.07) is 14.5. The summed E-state index contributed by atoms with van der Waals surface area (Å²) in [5, 5.41) is 13.8. The van der Waals surface area contributed by atoms with Gasteiger partial charge in [0.1, 0.15) is 5.52 Å². The number of carbonyl (C=O) groups is 1. The van der Waals surface area contributed by atoms with E-state index < -0.39 is 10.8 Å². The number of hydrogen-bond acceptors (Lipinski definition) is 5. The first-order chi connectivity index (χ1) is 15.2. The van der Waals surface area contributed by atoms with Gasteiger partial charge in [0.2, 0.25) is 5.89 Å². The summed E-state index contributed by atoms with van der Waals surface area (Å²) in [5.74, 6) is 0.202.